The molecule has 0 bridgehead atoms. The molecular formula is C17H21N5O. The van der Waals surface area contributed by atoms with Crippen LogP contribution in [0.1, 0.15) is 32.4 Å². The van der Waals surface area contributed by atoms with Gasteiger partial charge in [-0.1, -0.05) is 0 Å². The Kier molecular flexibility index (Phi) is 4.58. The maximum absolute atomic E-state index is 9.12. The van der Waals surface area contributed by atoms with Crippen molar-refractivity contribution in [2.24, 2.45) is 0 Å². The summed E-state index contributed by atoms with van der Waals surface area (Å²) in [5.74, 6) is 1.30. The lowest BCUT2D eigenvalue weighted by molar-refractivity contribution is 0.236. The van der Waals surface area contributed by atoms with E-state index in [1.165, 1.54) is 6.42 Å². The van der Waals surface area contributed by atoms with Gasteiger partial charge in [0.2, 0.25) is 5.88 Å². The molecule has 1 saturated heterocycles. The van der Waals surface area contributed by atoms with E-state index in [1.54, 1.807) is 12.3 Å². The Balaban J connectivity index is 1.94. The molecule has 2 aromatic rings. The Morgan fingerprint density at radius 2 is 2.30 bits per heavy atom. The summed E-state index contributed by atoms with van der Waals surface area (Å²) >= 11 is 0. The van der Waals surface area contributed by atoms with Crippen LogP contribution in [0.5, 0.6) is 5.88 Å². The summed E-state index contributed by atoms with van der Waals surface area (Å²) < 4.78 is 5.78. The minimum absolute atomic E-state index is 0.00763. The van der Waals surface area contributed by atoms with Crippen molar-refractivity contribution in [3.05, 3.63) is 24.0 Å². The van der Waals surface area contributed by atoms with E-state index in [9.17, 15) is 0 Å². The van der Waals surface area contributed by atoms with Gasteiger partial charge in [0.25, 0.3) is 0 Å². The summed E-state index contributed by atoms with van der Waals surface area (Å²) in [7, 11) is 0. The van der Waals surface area contributed by atoms with Gasteiger partial charge >= 0.3 is 0 Å². The van der Waals surface area contributed by atoms with Crippen LogP contribution in [0.15, 0.2) is 18.3 Å². The maximum Gasteiger partial charge on any atom is 0.223 e. The molecule has 3 rings (SSSR count). The molecule has 1 aliphatic rings. The van der Waals surface area contributed by atoms with Crippen LogP contribution in [0.25, 0.3) is 10.8 Å². The highest BCUT2D eigenvalue weighted by Gasteiger charge is 2.15. The number of nitrogens with zero attached hydrogens (tertiary/aromatic N) is 3. The third kappa shape index (κ3) is 3.69. The molecule has 2 aromatic heterocycles. The van der Waals surface area contributed by atoms with E-state index in [0.717, 1.165) is 36.1 Å². The molecule has 1 aliphatic heterocycles. The first kappa shape index (κ1) is 15.5. The zero-order valence-corrected chi connectivity index (χ0v) is 13.5. The Bertz CT molecular complexity index is 732. The highest BCUT2D eigenvalue weighted by Crippen LogP contribution is 2.27. The Hall–Kier alpha value is -2.39. The van der Waals surface area contributed by atoms with E-state index in [-0.39, 0.29) is 6.10 Å². The van der Waals surface area contributed by atoms with Crippen molar-refractivity contribution in [1.29, 1.82) is 5.26 Å². The summed E-state index contributed by atoms with van der Waals surface area (Å²) in [5, 5.41) is 17.7. The molecule has 3 heterocycles. The smallest absolute Gasteiger partial charge is 0.223 e. The second-order valence-electron chi connectivity index (χ2n) is 6.07. The molecule has 1 unspecified atom stereocenters. The van der Waals surface area contributed by atoms with Gasteiger partial charge in [0.05, 0.1) is 6.10 Å². The predicted molar refractivity (Wildman–Crippen MR) is 89.5 cm³/mol. The van der Waals surface area contributed by atoms with E-state index in [0.29, 0.717) is 17.6 Å². The lowest BCUT2D eigenvalue weighted by Crippen LogP contribution is -2.38. The van der Waals surface area contributed by atoms with Gasteiger partial charge in [0.15, 0.2) is 0 Å². The summed E-state index contributed by atoms with van der Waals surface area (Å²) in [5.41, 5.74) is 0.340. The first-order valence-electron chi connectivity index (χ1n) is 8.00. The van der Waals surface area contributed by atoms with Gasteiger partial charge in [0.1, 0.15) is 17.6 Å². The summed E-state index contributed by atoms with van der Waals surface area (Å²) in [6, 6.07) is 6.15. The van der Waals surface area contributed by atoms with Crippen LogP contribution in [0, 0.1) is 11.3 Å². The molecular weight excluding hydrogens is 290 g/mol. The molecule has 2 N–H and O–H groups in total. The molecule has 1 fully saturated rings. The van der Waals surface area contributed by atoms with E-state index in [4.69, 9.17) is 10.00 Å². The molecule has 0 radical (unpaired) electrons. The summed E-state index contributed by atoms with van der Waals surface area (Å²) in [6.45, 7) is 5.92. The monoisotopic (exact) mass is 311 g/mol. The van der Waals surface area contributed by atoms with Crippen molar-refractivity contribution in [1.82, 2.24) is 15.3 Å². The largest absolute Gasteiger partial charge is 0.474 e. The van der Waals surface area contributed by atoms with Gasteiger partial charge in [-0.15, -0.1) is 0 Å². The van der Waals surface area contributed by atoms with E-state index in [1.807, 2.05) is 19.9 Å². The number of aromatic nitrogens is 2. The van der Waals surface area contributed by atoms with E-state index in [2.05, 4.69) is 26.7 Å². The quantitative estimate of drug-likeness (QED) is 0.902. The Morgan fingerprint density at radius 1 is 1.43 bits per heavy atom. The van der Waals surface area contributed by atoms with Gasteiger partial charge in [-0.3, -0.25) is 0 Å². The van der Waals surface area contributed by atoms with Crippen LogP contribution in [0.2, 0.25) is 0 Å². The molecule has 1 atom stereocenters. The number of pyridine rings is 2. The minimum Gasteiger partial charge on any atom is -0.474 e. The second kappa shape index (κ2) is 6.80. The summed E-state index contributed by atoms with van der Waals surface area (Å²) in [6.07, 6.45) is 4.06. The molecule has 0 aliphatic carbocycles. The predicted octanol–water partition coefficient (Wildman–Crippen LogP) is 2.45. The molecule has 0 spiro atoms. The number of anilines is 1. The fourth-order valence-corrected chi connectivity index (χ4v) is 2.75. The number of fused-ring (bicyclic) bond motifs is 1. The standard InChI is InChI=1S/C17H21N5O/c1-11(2)23-17-15-7-16(21-13-4-3-5-19-10-13)20-9-12(15)6-14(8-18)22-17/h6-7,9,11,13,19H,3-5,10H2,1-2H3,(H,20,21). The topological polar surface area (TPSA) is 82.9 Å². The number of piperidine rings is 1. The van der Waals surface area contributed by atoms with Gasteiger partial charge in [-0.25, -0.2) is 9.97 Å². The minimum atomic E-state index is -0.00763. The van der Waals surface area contributed by atoms with Gasteiger partial charge in [0, 0.05) is 29.6 Å². The number of hydrogen-bond donors (Lipinski definition) is 2. The van der Waals surface area contributed by atoms with Crippen LogP contribution < -0.4 is 15.4 Å². The Labute approximate surface area is 135 Å². The van der Waals surface area contributed by atoms with E-state index >= 15 is 0 Å². The average Bonchev–Trinajstić information content (AvgIpc) is 2.55. The molecule has 23 heavy (non-hydrogen) atoms. The summed E-state index contributed by atoms with van der Waals surface area (Å²) in [4.78, 5) is 8.76. The number of rotatable bonds is 4. The van der Waals surface area contributed by atoms with Crippen molar-refractivity contribution >= 4 is 16.6 Å². The normalized spacial score (nSPS) is 17.9. The molecule has 6 heteroatoms. The fraction of sp³-hybridized carbons (Fsp3) is 0.471. The van der Waals surface area contributed by atoms with Crippen LogP contribution in [-0.4, -0.2) is 35.2 Å². The van der Waals surface area contributed by atoms with Gasteiger partial charge in [-0.05, 0) is 45.4 Å². The van der Waals surface area contributed by atoms with Crippen LogP contribution in [0.4, 0.5) is 5.82 Å². The lowest BCUT2D eigenvalue weighted by Gasteiger charge is -2.24. The fourth-order valence-electron chi connectivity index (χ4n) is 2.75. The van der Waals surface area contributed by atoms with Crippen molar-refractivity contribution in [3.63, 3.8) is 0 Å². The van der Waals surface area contributed by atoms with Gasteiger partial charge in [-0.2, -0.15) is 5.26 Å². The Morgan fingerprint density at radius 3 is 3.00 bits per heavy atom. The second-order valence-corrected chi connectivity index (χ2v) is 6.07. The third-order valence-corrected chi connectivity index (χ3v) is 3.79. The third-order valence-electron chi connectivity index (χ3n) is 3.79. The number of nitriles is 1. The first-order valence-corrected chi connectivity index (χ1v) is 8.00. The molecule has 0 amide bonds. The average molecular weight is 311 g/mol. The van der Waals surface area contributed by atoms with Crippen LogP contribution in [0.3, 0.4) is 0 Å². The van der Waals surface area contributed by atoms with Crippen LogP contribution >= 0.6 is 0 Å². The molecule has 6 nitrogen and oxygen atoms in total. The number of nitrogens with one attached hydrogen (secondary N) is 2. The molecule has 0 aromatic carbocycles. The van der Waals surface area contributed by atoms with Gasteiger partial charge < -0.3 is 15.4 Å². The van der Waals surface area contributed by atoms with Crippen molar-refractivity contribution in [2.45, 2.75) is 38.8 Å². The van der Waals surface area contributed by atoms with Crippen molar-refractivity contribution < 1.29 is 4.74 Å². The number of hydrogen-bond acceptors (Lipinski definition) is 6. The highest BCUT2D eigenvalue weighted by molar-refractivity contribution is 5.89. The van der Waals surface area contributed by atoms with Crippen LogP contribution in [-0.2, 0) is 0 Å². The van der Waals surface area contributed by atoms with Crippen molar-refractivity contribution in [2.75, 3.05) is 18.4 Å². The van der Waals surface area contributed by atoms with E-state index < -0.39 is 0 Å². The zero-order valence-electron chi connectivity index (χ0n) is 13.5. The first-order chi connectivity index (χ1) is 11.2. The zero-order chi connectivity index (χ0) is 16.2. The maximum atomic E-state index is 9.12. The highest BCUT2D eigenvalue weighted by atomic mass is 16.5. The SMILES string of the molecule is CC(C)Oc1nc(C#N)cc2cnc(NC3CCCNC3)cc12. The lowest BCUT2D eigenvalue weighted by atomic mass is 10.1. The van der Waals surface area contributed by atoms with Crippen molar-refractivity contribution in [3.8, 4) is 11.9 Å². The molecule has 0 saturated carbocycles. The molecule has 120 valence electrons. The number of ether oxygens (including phenoxy) is 1.